The van der Waals surface area contributed by atoms with Crippen molar-refractivity contribution in [3.63, 3.8) is 0 Å². The van der Waals surface area contributed by atoms with Gasteiger partial charge in [0.25, 0.3) is 0 Å². The Morgan fingerprint density at radius 1 is 0.754 bits per heavy atom. The quantitative estimate of drug-likeness (QED) is 0.133. The molecule has 0 atom stereocenters. The predicted molar refractivity (Wildman–Crippen MR) is 232 cm³/mol. The fraction of sp³-hybridized carbons (Fsp3) is 0.342. The van der Waals surface area contributed by atoms with Gasteiger partial charge in [-0.3, -0.25) is 13.5 Å². The van der Waals surface area contributed by atoms with Crippen molar-refractivity contribution in [3.05, 3.63) is 75.8 Å². The maximum Gasteiger partial charge on any atom is 0.407 e. The van der Waals surface area contributed by atoms with Crippen LogP contribution in [0.15, 0.2) is 74.7 Å². The zero-order chi connectivity index (χ0) is 41.1. The molecule has 14 nitrogen and oxygen atoms in total. The molecule has 0 fully saturated rings. The number of nitrogens with one attached hydrogen (secondary N) is 2. The highest BCUT2D eigenvalue weighted by Crippen LogP contribution is 2.34. The average molecular weight is 912 g/mol. The Morgan fingerprint density at radius 2 is 1.25 bits per heavy atom. The Bertz CT molecular complexity index is 2530. The fourth-order valence-electron chi connectivity index (χ4n) is 5.51. The van der Waals surface area contributed by atoms with Crippen molar-refractivity contribution in [2.75, 3.05) is 12.5 Å². The molecule has 7 heterocycles. The van der Waals surface area contributed by atoms with Crippen LogP contribution in [-0.4, -0.2) is 74.4 Å². The number of hydrogen-bond donors (Lipinski definition) is 2. The maximum atomic E-state index is 12.1. The summed E-state index contributed by atoms with van der Waals surface area (Å²) in [5, 5.41) is 15.6. The standard InChI is InChI=1S/C21H24N6O2S2.C17H19BrN4O2S2/c1-21(2,3)29-20(28)23-8-13-6-7-31-17(13)15-12-27-16(14-9-24-26(4)11-14)10-22-18(27)19(25-15)30-5;1-17(2,3)24-16(23)20-7-10-5-6-26-13(10)11-9-22-12(18)8-19-14(22)15(21-11)25-4/h6-7,9-12H,8H2,1-5H3,(H,23,28);5-6,8-9H,7H2,1-4H3,(H,20,23). The summed E-state index contributed by atoms with van der Waals surface area (Å²) >= 11 is 9.80. The Hall–Kier alpha value is -4.43. The fourth-order valence-corrected chi connectivity index (χ4v) is 8.69. The molecular weight excluding hydrogens is 869 g/mol. The largest absolute Gasteiger partial charge is 0.444 e. The smallest absolute Gasteiger partial charge is 0.407 e. The molecule has 0 saturated heterocycles. The number of alkyl carbamates (subject to hydrolysis) is 2. The zero-order valence-corrected chi connectivity index (χ0v) is 37.8. The summed E-state index contributed by atoms with van der Waals surface area (Å²) < 4.78 is 17.3. The third-order valence-electron chi connectivity index (χ3n) is 7.87. The van der Waals surface area contributed by atoms with Crippen LogP contribution in [0.1, 0.15) is 52.7 Å². The second-order valence-electron chi connectivity index (χ2n) is 14.5. The molecule has 2 N–H and O–H groups in total. The molecule has 19 heteroatoms. The number of amides is 2. The van der Waals surface area contributed by atoms with Gasteiger partial charge in [0.05, 0.1) is 45.4 Å². The van der Waals surface area contributed by atoms with Crippen LogP contribution in [0.25, 0.3) is 43.7 Å². The lowest BCUT2D eigenvalue weighted by Gasteiger charge is -2.19. The first-order valence-corrected chi connectivity index (χ1v) is 22.6. The lowest BCUT2D eigenvalue weighted by atomic mass is 10.2. The highest BCUT2D eigenvalue weighted by atomic mass is 79.9. The second-order valence-corrected chi connectivity index (χ2v) is 18.8. The Kier molecular flexibility index (Phi) is 13.0. The van der Waals surface area contributed by atoms with Crippen molar-refractivity contribution in [1.82, 2.24) is 49.2 Å². The number of halogens is 1. The first-order chi connectivity index (χ1) is 27.0. The number of thiophene rings is 2. The Labute approximate surface area is 355 Å². The summed E-state index contributed by atoms with van der Waals surface area (Å²) in [6, 6.07) is 3.99. The third kappa shape index (κ3) is 10.4. The van der Waals surface area contributed by atoms with E-state index in [4.69, 9.17) is 19.4 Å². The molecule has 0 radical (unpaired) electrons. The van der Waals surface area contributed by atoms with Gasteiger partial charge in [-0.2, -0.15) is 5.10 Å². The van der Waals surface area contributed by atoms with Gasteiger partial charge in [0.1, 0.15) is 25.9 Å². The van der Waals surface area contributed by atoms with E-state index in [0.29, 0.717) is 13.1 Å². The first-order valence-electron chi connectivity index (χ1n) is 17.6. The summed E-state index contributed by atoms with van der Waals surface area (Å²) in [5.41, 5.74) is 6.16. The van der Waals surface area contributed by atoms with E-state index in [1.165, 1.54) is 0 Å². The molecule has 7 rings (SSSR count). The minimum absolute atomic E-state index is 0.363. The second kappa shape index (κ2) is 17.6. The van der Waals surface area contributed by atoms with Crippen LogP contribution in [-0.2, 0) is 29.6 Å². The van der Waals surface area contributed by atoms with Crippen molar-refractivity contribution in [1.29, 1.82) is 0 Å². The summed E-state index contributed by atoms with van der Waals surface area (Å²) in [7, 11) is 1.89. The van der Waals surface area contributed by atoms with Gasteiger partial charge in [-0.1, -0.05) is 0 Å². The number of hydrogen-bond acceptors (Lipinski definition) is 13. The summed E-state index contributed by atoms with van der Waals surface area (Å²) in [5.74, 6) is 0. The molecule has 0 aliphatic carbocycles. The first kappa shape index (κ1) is 42.2. The van der Waals surface area contributed by atoms with Gasteiger partial charge in [0, 0.05) is 44.3 Å². The highest BCUT2D eigenvalue weighted by molar-refractivity contribution is 9.10. The van der Waals surface area contributed by atoms with Crippen LogP contribution in [0.3, 0.4) is 0 Å². The van der Waals surface area contributed by atoms with Crippen LogP contribution in [0.5, 0.6) is 0 Å². The van der Waals surface area contributed by atoms with Crippen LogP contribution in [0.4, 0.5) is 9.59 Å². The van der Waals surface area contributed by atoms with E-state index in [-0.39, 0.29) is 0 Å². The third-order valence-corrected chi connectivity index (χ3v) is 11.7. The molecule has 0 unspecified atom stereocenters. The summed E-state index contributed by atoms with van der Waals surface area (Å²) in [4.78, 5) is 44.6. The van der Waals surface area contributed by atoms with Crippen LogP contribution in [0.2, 0.25) is 0 Å². The molecule has 2 amide bonds. The highest BCUT2D eigenvalue weighted by Gasteiger charge is 2.21. The van der Waals surface area contributed by atoms with E-state index in [2.05, 4.69) is 46.0 Å². The Morgan fingerprint density at radius 3 is 1.72 bits per heavy atom. The number of imidazole rings is 2. The van der Waals surface area contributed by atoms with Gasteiger partial charge >= 0.3 is 12.2 Å². The number of thioether (sulfide) groups is 2. The van der Waals surface area contributed by atoms with E-state index >= 15 is 0 Å². The molecule has 7 aromatic rings. The molecule has 7 aromatic heterocycles. The van der Waals surface area contributed by atoms with Crippen LogP contribution >= 0.6 is 62.1 Å². The molecule has 0 saturated carbocycles. The number of fused-ring (bicyclic) bond motifs is 2. The van der Waals surface area contributed by atoms with Gasteiger partial charge in [0.15, 0.2) is 11.3 Å². The maximum absolute atomic E-state index is 12.1. The molecule has 0 spiro atoms. The average Bonchev–Trinajstić information content (AvgIpc) is 3.99. The normalized spacial score (nSPS) is 11.8. The van der Waals surface area contributed by atoms with Crippen molar-refractivity contribution in [2.24, 2.45) is 7.05 Å². The topological polar surface area (TPSA) is 155 Å². The Balaban J connectivity index is 0.000000196. The van der Waals surface area contributed by atoms with Crippen molar-refractivity contribution >= 4 is 85.6 Å². The molecule has 300 valence electrons. The van der Waals surface area contributed by atoms with E-state index < -0.39 is 23.4 Å². The van der Waals surface area contributed by atoms with Crippen LogP contribution < -0.4 is 10.6 Å². The van der Waals surface area contributed by atoms with Crippen molar-refractivity contribution in [3.8, 4) is 32.4 Å². The number of carbonyl (C=O) groups excluding carboxylic acids is 2. The number of rotatable bonds is 9. The monoisotopic (exact) mass is 910 g/mol. The van der Waals surface area contributed by atoms with Gasteiger partial charge in [-0.25, -0.2) is 29.5 Å². The lowest BCUT2D eigenvalue weighted by Crippen LogP contribution is -2.32. The molecule has 0 aliphatic rings. The van der Waals surface area contributed by atoms with Crippen molar-refractivity contribution < 1.29 is 19.1 Å². The lowest BCUT2D eigenvalue weighted by molar-refractivity contribution is 0.0512. The van der Waals surface area contributed by atoms with Crippen LogP contribution in [0, 0.1) is 0 Å². The zero-order valence-electron chi connectivity index (χ0n) is 32.9. The van der Waals surface area contributed by atoms with Gasteiger partial charge < -0.3 is 20.1 Å². The molecule has 0 aliphatic heterocycles. The number of nitrogens with zero attached hydrogens (tertiary/aromatic N) is 8. The van der Waals surface area contributed by atoms with E-state index in [1.807, 2.05) is 119 Å². The van der Waals surface area contributed by atoms with Gasteiger partial charge in [0.2, 0.25) is 0 Å². The number of carbonyl (C=O) groups is 2. The minimum atomic E-state index is -0.536. The van der Waals surface area contributed by atoms with Crippen molar-refractivity contribution in [2.45, 2.75) is 75.9 Å². The number of ether oxygens (including phenoxy) is 2. The SMILES string of the molecule is CSc1nc(-c2sccc2CNC(=O)OC(C)(C)C)cn2c(-c3cnn(C)c3)cnc12.CSc1nc(-c2sccc2CNC(=O)OC(C)(C)C)cn2c(Br)cnc12. The molecule has 0 aromatic carbocycles. The minimum Gasteiger partial charge on any atom is -0.444 e. The summed E-state index contributed by atoms with van der Waals surface area (Å²) in [6.07, 6.45) is 14.4. The van der Waals surface area contributed by atoms with Gasteiger partial charge in [-0.05, 0) is 104 Å². The summed E-state index contributed by atoms with van der Waals surface area (Å²) in [6.45, 7) is 11.8. The number of aryl methyl sites for hydroxylation is 1. The number of aromatic nitrogens is 8. The van der Waals surface area contributed by atoms with Gasteiger partial charge in [-0.15, -0.1) is 46.2 Å². The van der Waals surface area contributed by atoms with E-state index in [9.17, 15) is 9.59 Å². The van der Waals surface area contributed by atoms with E-state index in [1.54, 1.807) is 57.1 Å². The van der Waals surface area contributed by atoms with E-state index in [0.717, 1.165) is 69.5 Å². The molecule has 57 heavy (non-hydrogen) atoms. The molecular formula is C38H43BrN10O4S4. The molecule has 0 bridgehead atoms. The predicted octanol–water partition coefficient (Wildman–Crippen LogP) is 9.57.